The van der Waals surface area contributed by atoms with Crippen LogP contribution >= 0.6 is 11.6 Å². The Labute approximate surface area is 126 Å². The standard InChI is InChI=1S/C15H13ClFN3O/c1-9(16)15-19-12-8-18-6-5-13(12)20(15)10-3-4-14(21-2)11(17)7-10/h3-9H,1-2H3. The lowest BCUT2D eigenvalue weighted by atomic mass is 10.2. The Hall–Kier alpha value is -2.14. The monoisotopic (exact) mass is 305 g/mol. The van der Waals surface area contributed by atoms with Crippen LogP contribution in [0.5, 0.6) is 5.75 Å². The third kappa shape index (κ3) is 2.34. The van der Waals surface area contributed by atoms with Crippen molar-refractivity contribution in [3.63, 3.8) is 0 Å². The summed E-state index contributed by atoms with van der Waals surface area (Å²) >= 11 is 6.21. The van der Waals surface area contributed by atoms with Crippen LogP contribution in [0.15, 0.2) is 36.7 Å². The Balaban J connectivity index is 2.27. The molecule has 0 fully saturated rings. The molecule has 0 aliphatic heterocycles. The highest BCUT2D eigenvalue weighted by Gasteiger charge is 2.17. The first-order chi connectivity index (χ1) is 10.1. The smallest absolute Gasteiger partial charge is 0.167 e. The number of rotatable bonds is 3. The quantitative estimate of drug-likeness (QED) is 0.690. The van der Waals surface area contributed by atoms with E-state index in [0.29, 0.717) is 11.5 Å². The molecule has 2 heterocycles. The predicted octanol–water partition coefficient (Wildman–Crippen LogP) is 3.87. The largest absolute Gasteiger partial charge is 0.494 e. The van der Waals surface area contributed by atoms with E-state index in [1.807, 2.05) is 17.6 Å². The summed E-state index contributed by atoms with van der Waals surface area (Å²) in [6.45, 7) is 1.83. The Morgan fingerprint density at radius 1 is 1.33 bits per heavy atom. The van der Waals surface area contributed by atoms with Gasteiger partial charge in [-0.3, -0.25) is 9.55 Å². The number of halogens is 2. The zero-order chi connectivity index (χ0) is 15.0. The predicted molar refractivity (Wildman–Crippen MR) is 79.6 cm³/mol. The lowest BCUT2D eigenvalue weighted by molar-refractivity contribution is 0.386. The zero-order valence-corrected chi connectivity index (χ0v) is 12.3. The third-order valence-electron chi connectivity index (χ3n) is 3.23. The molecule has 0 aliphatic rings. The van der Waals surface area contributed by atoms with Crippen molar-refractivity contribution >= 4 is 22.6 Å². The molecule has 4 nitrogen and oxygen atoms in total. The molecule has 0 saturated carbocycles. The Morgan fingerprint density at radius 3 is 2.81 bits per heavy atom. The molecule has 1 unspecified atom stereocenters. The number of nitrogens with zero attached hydrogens (tertiary/aromatic N) is 3. The molecule has 6 heteroatoms. The van der Waals surface area contributed by atoms with Crippen LogP contribution in [-0.4, -0.2) is 21.6 Å². The highest BCUT2D eigenvalue weighted by molar-refractivity contribution is 6.20. The average Bonchev–Trinajstić information content (AvgIpc) is 2.86. The molecular formula is C15H13ClFN3O. The Kier molecular flexibility index (Phi) is 3.51. The van der Waals surface area contributed by atoms with E-state index in [4.69, 9.17) is 16.3 Å². The van der Waals surface area contributed by atoms with Gasteiger partial charge in [0.15, 0.2) is 11.6 Å². The SMILES string of the molecule is COc1ccc(-n2c(C(C)Cl)nc3cnccc32)cc1F. The molecule has 3 aromatic rings. The zero-order valence-electron chi connectivity index (χ0n) is 11.5. The number of hydrogen-bond donors (Lipinski definition) is 0. The van der Waals surface area contributed by atoms with Crippen molar-refractivity contribution in [1.82, 2.24) is 14.5 Å². The molecule has 3 rings (SSSR count). The van der Waals surface area contributed by atoms with Crippen molar-refractivity contribution in [2.45, 2.75) is 12.3 Å². The van der Waals surface area contributed by atoms with Gasteiger partial charge in [0.05, 0.1) is 29.9 Å². The minimum absolute atomic E-state index is 0.199. The maximum atomic E-state index is 14.0. The molecule has 1 atom stereocenters. The number of alkyl halides is 1. The first-order valence-corrected chi connectivity index (χ1v) is 6.86. The van der Waals surface area contributed by atoms with Crippen LogP contribution < -0.4 is 4.74 Å². The van der Waals surface area contributed by atoms with Gasteiger partial charge in [-0.25, -0.2) is 9.37 Å². The van der Waals surface area contributed by atoms with Gasteiger partial charge in [-0.2, -0.15) is 0 Å². The van der Waals surface area contributed by atoms with Crippen LogP contribution in [0, 0.1) is 5.82 Å². The normalized spacial score (nSPS) is 12.6. The van der Waals surface area contributed by atoms with Crippen molar-refractivity contribution in [3.05, 3.63) is 48.3 Å². The number of pyridine rings is 1. The van der Waals surface area contributed by atoms with Crippen molar-refractivity contribution in [3.8, 4) is 11.4 Å². The lowest BCUT2D eigenvalue weighted by Gasteiger charge is -2.11. The van der Waals surface area contributed by atoms with Crippen LogP contribution in [0.25, 0.3) is 16.7 Å². The number of fused-ring (bicyclic) bond motifs is 1. The maximum Gasteiger partial charge on any atom is 0.167 e. The van der Waals surface area contributed by atoms with Crippen molar-refractivity contribution < 1.29 is 9.13 Å². The van der Waals surface area contributed by atoms with Crippen molar-refractivity contribution in [2.75, 3.05) is 7.11 Å². The minimum Gasteiger partial charge on any atom is -0.494 e. The summed E-state index contributed by atoms with van der Waals surface area (Å²) in [5, 5.41) is -0.317. The van der Waals surface area contributed by atoms with Crippen molar-refractivity contribution in [1.29, 1.82) is 0 Å². The molecule has 21 heavy (non-hydrogen) atoms. The highest BCUT2D eigenvalue weighted by Crippen LogP contribution is 2.29. The molecule has 0 saturated heterocycles. The number of ether oxygens (including phenoxy) is 1. The second kappa shape index (κ2) is 5.33. The van der Waals surface area contributed by atoms with E-state index in [1.54, 1.807) is 24.5 Å². The summed E-state index contributed by atoms with van der Waals surface area (Å²) in [6, 6.07) is 6.59. The second-order valence-corrected chi connectivity index (χ2v) is 5.26. The van der Waals surface area contributed by atoms with Crippen LogP contribution in [0.1, 0.15) is 18.1 Å². The van der Waals surface area contributed by atoms with Gasteiger partial charge in [-0.1, -0.05) is 0 Å². The molecule has 2 aromatic heterocycles. The van der Waals surface area contributed by atoms with Gasteiger partial charge >= 0.3 is 0 Å². The highest BCUT2D eigenvalue weighted by atomic mass is 35.5. The fourth-order valence-electron chi connectivity index (χ4n) is 2.28. The topological polar surface area (TPSA) is 39.9 Å². The Bertz CT molecular complexity index is 801. The number of imidazole rings is 1. The van der Waals surface area contributed by atoms with Crippen LogP contribution in [0.3, 0.4) is 0 Å². The molecule has 0 amide bonds. The van der Waals surface area contributed by atoms with E-state index in [1.165, 1.54) is 13.2 Å². The molecule has 0 spiro atoms. The van der Waals surface area contributed by atoms with E-state index in [9.17, 15) is 4.39 Å². The van der Waals surface area contributed by atoms with Gasteiger partial charge in [0, 0.05) is 12.3 Å². The summed E-state index contributed by atoms with van der Waals surface area (Å²) < 4.78 is 20.7. The Morgan fingerprint density at radius 2 is 2.14 bits per heavy atom. The van der Waals surface area contributed by atoms with Crippen LogP contribution in [0.4, 0.5) is 4.39 Å². The van der Waals surface area contributed by atoms with Gasteiger partial charge in [-0.05, 0) is 25.1 Å². The molecule has 0 bridgehead atoms. The summed E-state index contributed by atoms with van der Waals surface area (Å²) in [6.07, 6.45) is 3.33. The fourth-order valence-corrected chi connectivity index (χ4v) is 2.43. The molecular weight excluding hydrogens is 293 g/mol. The molecule has 1 aromatic carbocycles. The lowest BCUT2D eigenvalue weighted by Crippen LogP contribution is -2.02. The van der Waals surface area contributed by atoms with Gasteiger partial charge < -0.3 is 4.74 Å². The van der Waals surface area contributed by atoms with Gasteiger partial charge in [0.25, 0.3) is 0 Å². The summed E-state index contributed by atoms with van der Waals surface area (Å²) in [5.41, 5.74) is 2.19. The van der Waals surface area contributed by atoms with E-state index in [-0.39, 0.29) is 11.1 Å². The minimum atomic E-state index is -0.431. The average molecular weight is 306 g/mol. The van der Waals surface area contributed by atoms with E-state index in [2.05, 4.69) is 9.97 Å². The molecule has 108 valence electrons. The van der Waals surface area contributed by atoms with Crippen LogP contribution in [-0.2, 0) is 0 Å². The maximum absolute atomic E-state index is 14.0. The number of benzene rings is 1. The molecule has 0 aliphatic carbocycles. The fraction of sp³-hybridized carbons (Fsp3) is 0.200. The van der Waals surface area contributed by atoms with Gasteiger partial charge in [-0.15, -0.1) is 11.6 Å². The number of methoxy groups -OCH3 is 1. The number of hydrogen-bond acceptors (Lipinski definition) is 3. The summed E-state index contributed by atoms with van der Waals surface area (Å²) in [4.78, 5) is 8.53. The summed E-state index contributed by atoms with van der Waals surface area (Å²) in [5.74, 6) is 0.411. The van der Waals surface area contributed by atoms with E-state index >= 15 is 0 Å². The third-order valence-corrected chi connectivity index (χ3v) is 3.43. The van der Waals surface area contributed by atoms with E-state index in [0.717, 1.165) is 11.0 Å². The van der Waals surface area contributed by atoms with Gasteiger partial charge in [0.1, 0.15) is 11.3 Å². The van der Waals surface area contributed by atoms with Crippen LogP contribution in [0.2, 0.25) is 0 Å². The van der Waals surface area contributed by atoms with Crippen molar-refractivity contribution in [2.24, 2.45) is 0 Å². The first kappa shape index (κ1) is 13.8. The second-order valence-electron chi connectivity index (χ2n) is 4.60. The van der Waals surface area contributed by atoms with E-state index < -0.39 is 5.82 Å². The molecule has 0 N–H and O–H groups in total. The first-order valence-electron chi connectivity index (χ1n) is 6.42. The number of aromatic nitrogens is 3. The van der Waals surface area contributed by atoms with Gasteiger partial charge in [0.2, 0.25) is 0 Å². The molecule has 0 radical (unpaired) electrons. The summed E-state index contributed by atoms with van der Waals surface area (Å²) in [7, 11) is 1.43.